The summed E-state index contributed by atoms with van der Waals surface area (Å²) in [6, 6.07) is 14.8. The van der Waals surface area contributed by atoms with Crippen LogP contribution in [0.15, 0.2) is 59.3 Å². The summed E-state index contributed by atoms with van der Waals surface area (Å²) >= 11 is 0. The van der Waals surface area contributed by atoms with Gasteiger partial charge in [0.25, 0.3) is 11.8 Å². The van der Waals surface area contributed by atoms with Crippen LogP contribution >= 0.6 is 0 Å². The van der Waals surface area contributed by atoms with Crippen LogP contribution in [0.5, 0.6) is 5.75 Å². The van der Waals surface area contributed by atoms with E-state index in [1.807, 2.05) is 41.3 Å². The molecular formula is C20H20N4O3. The first-order chi connectivity index (χ1) is 13.3. The lowest BCUT2D eigenvalue weighted by atomic mass is 9.97. The van der Waals surface area contributed by atoms with E-state index in [2.05, 4.69) is 15.1 Å². The number of nitrogens with zero attached hydrogens (tertiary/aromatic N) is 4. The third-order valence-corrected chi connectivity index (χ3v) is 4.55. The van der Waals surface area contributed by atoms with Crippen molar-refractivity contribution in [2.45, 2.75) is 25.4 Å². The predicted molar refractivity (Wildman–Crippen MR) is 97.2 cm³/mol. The molecule has 138 valence electrons. The van der Waals surface area contributed by atoms with Crippen LogP contribution in [-0.2, 0) is 6.61 Å². The second kappa shape index (κ2) is 7.99. The predicted octanol–water partition coefficient (Wildman–Crippen LogP) is 3.06. The van der Waals surface area contributed by atoms with E-state index in [1.165, 1.54) is 0 Å². The number of amides is 1. The molecule has 27 heavy (non-hydrogen) atoms. The molecule has 0 N–H and O–H groups in total. The van der Waals surface area contributed by atoms with Gasteiger partial charge in [-0.05, 0) is 37.1 Å². The number of aromatic nitrogens is 3. The molecule has 3 aromatic rings. The van der Waals surface area contributed by atoms with Crippen molar-refractivity contribution in [3.8, 4) is 5.75 Å². The fraction of sp³-hybridized carbons (Fsp3) is 0.300. The minimum atomic E-state index is -0.0589. The van der Waals surface area contributed by atoms with Gasteiger partial charge in [-0.1, -0.05) is 29.4 Å². The Hall–Kier alpha value is -3.22. The van der Waals surface area contributed by atoms with Crippen molar-refractivity contribution >= 4 is 5.91 Å². The Kier molecular flexibility index (Phi) is 5.09. The standard InChI is InChI=1S/C20H20N4O3/c25-20(17-10-4-5-11-21-17)24-12-6-7-15(13-24)19-22-18(27-23-19)14-26-16-8-2-1-3-9-16/h1-5,8-11,15H,6-7,12-14H2. The molecular weight excluding hydrogens is 344 g/mol. The molecule has 3 heterocycles. The van der Waals surface area contributed by atoms with Crippen molar-refractivity contribution in [3.63, 3.8) is 0 Å². The van der Waals surface area contributed by atoms with Crippen LogP contribution in [0.1, 0.15) is 41.0 Å². The van der Waals surface area contributed by atoms with Gasteiger partial charge < -0.3 is 14.2 Å². The number of benzene rings is 1. The van der Waals surface area contributed by atoms with Crippen molar-refractivity contribution in [2.24, 2.45) is 0 Å². The largest absolute Gasteiger partial charge is 0.484 e. The first kappa shape index (κ1) is 17.2. The van der Waals surface area contributed by atoms with Crippen molar-refractivity contribution in [1.29, 1.82) is 0 Å². The van der Waals surface area contributed by atoms with E-state index in [9.17, 15) is 4.79 Å². The highest BCUT2D eigenvalue weighted by molar-refractivity contribution is 5.92. The zero-order valence-electron chi connectivity index (χ0n) is 14.8. The smallest absolute Gasteiger partial charge is 0.272 e. The third kappa shape index (κ3) is 4.13. The minimum absolute atomic E-state index is 0.0561. The van der Waals surface area contributed by atoms with Gasteiger partial charge in [-0.15, -0.1) is 0 Å². The number of hydrogen-bond donors (Lipinski definition) is 0. The van der Waals surface area contributed by atoms with Crippen molar-refractivity contribution < 1.29 is 14.1 Å². The maximum absolute atomic E-state index is 12.6. The first-order valence-corrected chi connectivity index (χ1v) is 9.00. The zero-order valence-corrected chi connectivity index (χ0v) is 14.8. The molecule has 1 aliphatic rings. The van der Waals surface area contributed by atoms with Crippen LogP contribution in [0.25, 0.3) is 0 Å². The number of carbonyl (C=O) groups is 1. The Labute approximate surface area is 157 Å². The van der Waals surface area contributed by atoms with Gasteiger partial charge in [-0.25, -0.2) is 0 Å². The molecule has 0 radical (unpaired) electrons. The highest BCUT2D eigenvalue weighted by Crippen LogP contribution is 2.26. The van der Waals surface area contributed by atoms with Gasteiger partial charge in [0.05, 0.1) is 0 Å². The van der Waals surface area contributed by atoms with E-state index in [-0.39, 0.29) is 18.4 Å². The molecule has 1 atom stereocenters. The van der Waals surface area contributed by atoms with Gasteiger partial charge in [-0.3, -0.25) is 9.78 Å². The summed E-state index contributed by atoms with van der Waals surface area (Å²) in [5.41, 5.74) is 0.461. The fourth-order valence-electron chi connectivity index (χ4n) is 3.18. The number of likely N-dealkylation sites (tertiary alicyclic amines) is 1. The molecule has 1 fully saturated rings. The van der Waals surface area contributed by atoms with Crippen LogP contribution in [-0.4, -0.2) is 39.0 Å². The molecule has 2 aromatic heterocycles. The summed E-state index contributed by atoms with van der Waals surface area (Å²) < 4.78 is 11.0. The number of piperidine rings is 1. The van der Waals surface area contributed by atoms with E-state index in [4.69, 9.17) is 9.26 Å². The topological polar surface area (TPSA) is 81.4 Å². The van der Waals surface area contributed by atoms with E-state index in [0.717, 1.165) is 18.6 Å². The number of ether oxygens (including phenoxy) is 1. The molecule has 1 unspecified atom stereocenters. The second-order valence-electron chi connectivity index (χ2n) is 6.45. The normalized spacial score (nSPS) is 16.9. The van der Waals surface area contributed by atoms with E-state index in [1.54, 1.807) is 18.3 Å². The van der Waals surface area contributed by atoms with Gasteiger partial charge in [0.1, 0.15) is 11.4 Å². The molecule has 7 heteroatoms. The number of pyridine rings is 1. The maximum Gasteiger partial charge on any atom is 0.272 e. The number of para-hydroxylation sites is 1. The Bertz CT molecular complexity index is 883. The highest BCUT2D eigenvalue weighted by Gasteiger charge is 2.29. The molecule has 1 saturated heterocycles. The molecule has 1 aliphatic heterocycles. The van der Waals surface area contributed by atoms with Crippen molar-refractivity contribution in [1.82, 2.24) is 20.0 Å². The zero-order chi connectivity index (χ0) is 18.5. The van der Waals surface area contributed by atoms with E-state index >= 15 is 0 Å². The van der Waals surface area contributed by atoms with Gasteiger partial charge in [-0.2, -0.15) is 4.98 Å². The van der Waals surface area contributed by atoms with Crippen molar-refractivity contribution in [2.75, 3.05) is 13.1 Å². The summed E-state index contributed by atoms with van der Waals surface area (Å²) in [4.78, 5) is 23.0. The van der Waals surface area contributed by atoms with E-state index in [0.29, 0.717) is 30.5 Å². The Morgan fingerprint density at radius 2 is 2.04 bits per heavy atom. The number of rotatable bonds is 5. The van der Waals surface area contributed by atoms with Crippen LogP contribution in [0.4, 0.5) is 0 Å². The lowest BCUT2D eigenvalue weighted by molar-refractivity contribution is 0.0697. The summed E-state index contributed by atoms with van der Waals surface area (Å²) in [5.74, 6) is 1.81. The lowest BCUT2D eigenvalue weighted by Crippen LogP contribution is -2.39. The molecule has 0 bridgehead atoms. The third-order valence-electron chi connectivity index (χ3n) is 4.55. The monoisotopic (exact) mass is 364 g/mol. The highest BCUT2D eigenvalue weighted by atomic mass is 16.5. The summed E-state index contributed by atoms with van der Waals surface area (Å²) in [5, 5.41) is 4.10. The van der Waals surface area contributed by atoms with Gasteiger partial charge in [0, 0.05) is 25.2 Å². The molecule has 0 saturated carbocycles. The van der Waals surface area contributed by atoms with Crippen LogP contribution < -0.4 is 4.74 Å². The van der Waals surface area contributed by atoms with Crippen LogP contribution in [0, 0.1) is 0 Å². The van der Waals surface area contributed by atoms with E-state index < -0.39 is 0 Å². The average Bonchev–Trinajstić information content (AvgIpc) is 3.22. The molecule has 0 spiro atoms. The first-order valence-electron chi connectivity index (χ1n) is 9.00. The minimum Gasteiger partial charge on any atom is -0.484 e. The quantitative estimate of drug-likeness (QED) is 0.692. The Morgan fingerprint density at radius 1 is 1.19 bits per heavy atom. The molecule has 0 aliphatic carbocycles. The van der Waals surface area contributed by atoms with Crippen LogP contribution in [0.3, 0.4) is 0 Å². The summed E-state index contributed by atoms with van der Waals surface area (Å²) in [6.07, 6.45) is 3.45. The molecule has 4 rings (SSSR count). The lowest BCUT2D eigenvalue weighted by Gasteiger charge is -2.31. The summed E-state index contributed by atoms with van der Waals surface area (Å²) in [6.45, 7) is 1.50. The van der Waals surface area contributed by atoms with Crippen LogP contribution in [0.2, 0.25) is 0 Å². The Morgan fingerprint density at radius 3 is 2.85 bits per heavy atom. The van der Waals surface area contributed by atoms with Gasteiger partial charge in [0.2, 0.25) is 0 Å². The second-order valence-corrected chi connectivity index (χ2v) is 6.45. The maximum atomic E-state index is 12.6. The van der Waals surface area contributed by atoms with Gasteiger partial charge >= 0.3 is 0 Å². The number of carbonyl (C=O) groups excluding carboxylic acids is 1. The molecule has 1 aromatic carbocycles. The average molecular weight is 364 g/mol. The number of hydrogen-bond acceptors (Lipinski definition) is 6. The van der Waals surface area contributed by atoms with Crippen molar-refractivity contribution in [3.05, 3.63) is 72.1 Å². The molecule has 7 nitrogen and oxygen atoms in total. The Balaban J connectivity index is 1.38. The fourth-order valence-corrected chi connectivity index (χ4v) is 3.18. The van der Waals surface area contributed by atoms with Gasteiger partial charge in [0.15, 0.2) is 12.4 Å². The summed E-state index contributed by atoms with van der Waals surface area (Å²) in [7, 11) is 0. The SMILES string of the molecule is O=C(c1ccccn1)N1CCCC(c2noc(COc3ccccc3)n2)C1. The molecule has 1 amide bonds.